The molecule has 0 radical (unpaired) electrons. The van der Waals surface area contributed by atoms with Crippen molar-refractivity contribution in [3.8, 4) is 0 Å². The fraction of sp³-hybridized carbons (Fsp3) is 0.963. The van der Waals surface area contributed by atoms with Gasteiger partial charge in [0.1, 0.15) is 6.29 Å². The maximum Gasteiger partial charge on any atom is 0.122 e. The molecule has 0 spiro atoms. The highest BCUT2D eigenvalue weighted by Gasteiger charge is 2.65. The molecule has 4 aliphatic rings. The van der Waals surface area contributed by atoms with E-state index >= 15 is 0 Å². The molecule has 0 aromatic rings. The second-order valence-corrected chi connectivity index (χ2v) is 12.5. The minimum absolute atomic E-state index is 0.116. The molecular weight excluding hydrogens is 388 g/mol. The summed E-state index contributed by atoms with van der Waals surface area (Å²) in [6.45, 7) is 9.07. The summed E-state index contributed by atoms with van der Waals surface area (Å²) in [5.41, 5.74) is 0.0231. The minimum atomic E-state index is -0.308. The first-order valence-corrected chi connectivity index (χ1v) is 13.1. The van der Waals surface area contributed by atoms with Gasteiger partial charge in [-0.05, 0) is 97.7 Å². The molecule has 0 saturated heterocycles. The fourth-order valence-electron chi connectivity index (χ4n) is 9.16. The molecule has 0 amide bonds. The number of hydrogen-bond donors (Lipinski definition) is 3. The Hall–Kier alpha value is -0.450. The van der Waals surface area contributed by atoms with Crippen molar-refractivity contribution in [3.05, 3.63) is 0 Å². The molecule has 2 unspecified atom stereocenters. The Balaban J connectivity index is 1.53. The average Bonchev–Trinajstić information content (AvgIpc) is 3.08. The van der Waals surface area contributed by atoms with Crippen LogP contribution >= 0.6 is 0 Å². The highest BCUT2D eigenvalue weighted by Crippen LogP contribution is 2.68. The van der Waals surface area contributed by atoms with Crippen molar-refractivity contribution in [1.82, 2.24) is 0 Å². The molecule has 12 atom stereocenters. The summed E-state index contributed by atoms with van der Waals surface area (Å²) in [6, 6.07) is 0. The highest BCUT2D eigenvalue weighted by molar-refractivity contribution is 5.52. The second-order valence-electron chi connectivity index (χ2n) is 12.5. The van der Waals surface area contributed by atoms with Crippen molar-refractivity contribution >= 4 is 6.29 Å². The van der Waals surface area contributed by atoms with Gasteiger partial charge >= 0.3 is 0 Å². The van der Waals surface area contributed by atoms with E-state index in [0.29, 0.717) is 29.6 Å². The van der Waals surface area contributed by atoms with Crippen LogP contribution in [-0.4, -0.2) is 39.9 Å². The first kappa shape index (κ1) is 23.7. The molecular formula is C27H46O4. The monoisotopic (exact) mass is 434 g/mol. The third-order valence-corrected chi connectivity index (χ3v) is 11.1. The third kappa shape index (κ3) is 3.83. The van der Waals surface area contributed by atoms with Gasteiger partial charge in [-0.15, -0.1) is 0 Å². The van der Waals surface area contributed by atoms with Crippen LogP contribution in [-0.2, 0) is 4.79 Å². The number of aliphatic hydroxyl groups is 3. The van der Waals surface area contributed by atoms with Gasteiger partial charge in [0.05, 0.1) is 18.3 Å². The number of hydrogen-bond acceptors (Lipinski definition) is 4. The van der Waals surface area contributed by atoms with Crippen LogP contribution in [0.5, 0.6) is 0 Å². The summed E-state index contributed by atoms with van der Waals surface area (Å²) < 4.78 is 0. The molecule has 4 fully saturated rings. The van der Waals surface area contributed by atoms with Crippen LogP contribution in [0.25, 0.3) is 0 Å². The molecule has 178 valence electrons. The van der Waals surface area contributed by atoms with Crippen LogP contribution in [0.2, 0.25) is 0 Å². The van der Waals surface area contributed by atoms with Crippen LogP contribution in [0.15, 0.2) is 0 Å². The standard InChI is InChI=1S/C27H46O4/c1-16(15-28)6-5-7-17(2)20-8-9-21-25-22(14-24(31)27(20,21)4)26(3)11-10-19(29)12-18(26)13-23(25)30/h15-25,29-31H,5-14H2,1-4H3/t16?,17?,18-,19+,20+,21-,22-,23+,24-,25-,26-,27+/m0/s1. The van der Waals surface area contributed by atoms with E-state index in [2.05, 4.69) is 20.8 Å². The third-order valence-electron chi connectivity index (χ3n) is 11.1. The lowest BCUT2D eigenvalue weighted by Gasteiger charge is -2.63. The van der Waals surface area contributed by atoms with Gasteiger partial charge in [-0.2, -0.15) is 0 Å². The van der Waals surface area contributed by atoms with Crippen LogP contribution in [0, 0.1) is 52.3 Å². The van der Waals surface area contributed by atoms with Gasteiger partial charge in [-0.3, -0.25) is 0 Å². The summed E-state index contributed by atoms with van der Waals surface area (Å²) in [5, 5.41) is 33.2. The lowest BCUT2D eigenvalue weighted by molar-refractivity contribution is -0.207. The average molecular weight is 435 g/mol. The van der Waals surface area contributed by atoms with Crippen LogP contribution in [0.3, 0.4) is 0 Å². The van der Waals surface area contributed by atoms with E-state index in [1.165, 1.54) is 0 Å². The molecule has 0 aromatic heterocycles. The Kier molecular flexibility index (Phi) is 6.67. The van der Waals surface area contributed by atoms with Crippen molar-refractivity contribution in [3.63, 3.8) is 0 Å². The Labute approximate surface area is 189 Å². The van der Waals surface area contributed by atoms with E-state index in [4.69, 9.17) is 0 Å². The Morgan fingerprint density at radius 1 is 0.968 bits per heavy atom. The van der Waals surface area contributed by atoms with E-state index in [1.807, 2.05) is 6.92 Å². The number of aliphatic hydroxyl groups excluding tert-OH is 3. The predicted octanol–water partition coefficient (Wildman–Crippen LogP) is 4.59. The van der Waals surface area contributed by atoms with Crippen LogP contribution in [0.1, 0.15) is 91.9 Å². The molecule has 0 heterocycles. The zero-order chi connectivity index (χ0) is 22.6. The zero-order valence-corrected chi connectivity index (χ0v) is 20.2. The molecule has 4 nitrogen and oxygen atoms in total. The zero-order valence-electron chi connectivity index (χ0n) is 20.2. The molecule has 4 heteroatoms. The van der Waals surface area contributed by atoms with Gasteiger partial charge in [-0.1, -0.05) is 40.5 Å². The van der Waals surface area contributed by atoms with Crippen molar-refractivity contribution in [2.24, 2.45) is 52.3 Å². The largest absolute Gasteiger partial charge is 0.393 e. The van der Waals surface area contributed by atoms with E-state index < -0.39 is 0 Å². The summed E-state index contributed by atoms with van der Waals surface area (Å²) in [7, 11) is 0. The topological polar surface area (TPSA) is 77.8 Å². The minimum Gasteiger partial charge on any atom is -0.393 e. The predicted molar refractivity (Wildman–Crippen MR) is 122 cm³/mol. The summed E-state index contributed by atoms with van der Waals surface area (Å²) in [6.07, 6.45) is 9.98. The number of carbonyl (C=O) groups is 1. The number of rotatable bonds is 6. The fourth-order valence-corrected chi connectivity index (χ4v) is 9.16. The highest BCUT2D eigenvalue weighted by atomic mass is 16.3. The molecule has 3 N–H and O–H groups in total. The van der Waals surface area contributed by atoms with Crippen LogP contribution in [0.4, 0.5) is 0 Å². The van der Waals surface area contributed by atoms with Gasteiger partial charge in [0.25, 0.3) is 0 Å². The van der Waals surface area contributed by atoms with E-state index in [-0.39, 0.29) is 41.0 Å². The first-order valence-electron chi connectivity index (χ1n) is 13.1. The van der Waals surface area contributed by atoms with Gasteiger partial charge in [0.15, 0.2) is 0 Å². The van der Waals surface area contributed by atoms with E-state index in [9.17, 15) is 20.1 Å². The number of aldehydes is 1. The second kappa shape index (κ2) is 8.72. The summed E-state index contributed by atoms with van der Waals surface area (Å²) in [4.78, 5) is 11.0. The normalized spacial score (nSPS) is 51.3. The number of carbonyl (C=O) groups excluding carboxylic acids is 1. The molecule has 0 aliphatic heterocycles. The molecule has 4 aliphatic carbocycles. The Morgan fingerprint density at radius 3 is 2.42 bits per heavy atom. The first-order chi connectivity index (χ1) is 14.6. The quantitative estimate of drug-likeness (QED) is 0.534. The van der Waals surface area contributed by atoms with Gasteiger partial charge < -0.3 is 20.1 Å². The number of fused-ring (bicyclic) bond motifs is 5. The lowest BCUT2D eigenvalue weighted by Crippen LogP contribution is -2.62. The van der Waals surface area contributed by atoms with Crippen molar-refractivity contribution in [2.45, 2.75) is 110 Å². The molecule has 0 aromatic carbocycles. The molecule has 4 rings (SSSR count). The maximum absolute atomic E-state index is 11.6. The summed E-state index contributed by atoms with van der Waals surface area (Å²) >= 11 is 0. The Morgan fingerprint density at radius 2 is 1.71 bits per heavy atom. The lowest BCUT2D eigenvalue weighted by atomic mass is 9.43. The molecule has 4 saturated carbocycles. The van der Waals surface area contributed by atoms with Crippen molar-refractivity contribution < 1.29 is 20.1 Å². The van der Waals surface area contributed by atoms with Gasteiger partial charge in [0, 0.05) is 5.92 Å². The SMILES string of the molecule is CC(C=O)CCCC(C)[C@H]1CC[C@H]2[C@@H]3[C@H](O)C[C@@H]4C[C@H](O)CC[C@]4(C)[C@H]3C[C@H](O)[C@]12C. The van der Waals surface area contributed by atoms with Crippen LogP contribution < -0.4 is 0 Å². The summed E-state index contributed by atoms with van der Waals surface area (Å²) in [5.74, 6) is 2.59. The van der Waals surface area contributed by atoms with Crippen molar-refractivity contribution in [1.29, 1.82) is 0 Å². The van der Waals surface area contributed by atoms with E-state index in [1.54, 1.807) is 0 Å². The maximum atomic E-state index is 11.6. The van der Waals surface area contributed by atoms with Gasteiger partial charge in [0.2, 0.25) is 0 Å². The molecule has 31 heavy (non-hydrogen) atoms. The van der Waals surface area contributed by atoms with Gasteiger partial charge in [-0.25, -0.2) is 0 Å². The van der Waals surface area contributed by atoms with E-state index in [0.717, 1.165) is 70.5 Å². The smallest absolute Gasteiger partial charge is 0.122 e. The Bertz CT molecular complexity index is 651. The molecule has 0 bridgehead atoms. The van der Waals surface area contributed by atoms with Crippen molar-refractivity contribution in [2.75, 3.05) is 0 Å².